The van der Waals surface area contributed by atoms with Gasteiger partial charge in [-0.05, 0) is 42.5 Å². The number of nitrogens with one attached hydrogen (secondary N) is 1. The number of hydrogen-bond acceptors (Lipinski definition) is 2. The van der Waals surface area contributed by atoms with Gasteiger partial charge >= 0.3 is 5.97 Å². The Morgan fingerprint density at radius 1 is 1.32 bits per heavy atom. The zero-order valence-electron chi connectivity index (χ0n) is 15.2. The summed E-state index contributed by atoms with van der Waals surface area (Å²) in [6, 6.07) is 8.32. The summed E-state index contributed by atoms with van der Waals surface area (Å²) in [5.74, 6) is 1.20. The number of fused-ring (bicyclic) bond motifs is 1. The van der Waals surface area contributed by atoms with Crippen LogP contribution in [0.1, 0.15) is 51.0 Å². The summed E-state index contributed by atoms with van der Waals surface area (Å²) in [7, 11) is 0. The van der Waals surface area contributed by atoms with Gasteiger partial charge in [-0.15, -0.1) is 0 Å². The Kier molecular flexibility index (Phi) is 7.50. The maximum Gasteiger partial charge on any atom is 0.308 e. The van der Waals surface area contributed by atoms with Crippen molar-refractivity contribution >= 4 is 5.97 Å². The first-order valence-electron chi connectivity index (χ1n) is 9.37. The second-order valence-electron chi connectivity index (χ2n) is 7.50. The topological polar surface area (TPSA) is 30.7 Å². The summed E-state index contributed by atoms with van der Waals surface area (Å²) < 4.78 is 5.36. The molecule has 0 amide bonds. The number of carbonyl (C=O) groups excluding carboxylic acids is 1. The van der Waals surface area contributed by atoms with Crippen molar-refractivity contribution in [2.75, 3.05) is 19.6 Å². The van der Waals surface area contributed by atoms with Crippen molar-refractivity contribution in [3.05, 3.63) is 42.5 Å². The Bertz CT molecular complexity index is 603. The SMILES string of the molecule is C=CC[NH+]1CCC2CCCCC2(c2cccc(OC(C)=O)c2)CC1.[I-]. The molecular weight excluding hydrogens is 425 g/mol. The highest BCUT2D eigenvalue weighted by Crippen LogP contribution is 2.48. The highest BCUT2D eigenvalue weighted by atomic mass is 127. The van der Waals surface area contributed by atoms with Gasteiger partial charge in [-0.25, -0.2) is 0 Å². The van der Waals surface area contributed by atoms with E-state index in [1.807, 2.05) is 12.1 Å². The average Bonchev–Trinajstić information content (AvgIpc) is 2.76. The molecule has 1 aliphatic carbocycles. The molecule has 3 rings (SSSR count). The minimum Gasteiger partial charge on any atom is -1.00 e. The van der Waals surface area contributed by atoms with Crippen LogP contribution in [0.15, 0.2) is 36.9 Å². The predicted octanol–water partition coefficient (Wildman–Crippen LogP) is -0.0914. The molecule has 1 saturated carbocycles. The number of likely N-dealkylation sites (tertiary alicyclic amines) is 1. The summed E-state index contributed by atoms with van der Waals surface area (Å²) in [4.78, 5) is 13.0. The summed E-state index contributed by atoms with van der Waals surface area (Å²) in [6.07, 6.45) is 9.84. The van der Waals surface area contributed by atoms with E-state index < -0.39 is 0 Å². The van der Waals surface area contributed by atoms with Crippen LogP contribution < -0.4 is 33.6 Å². The number of halogens is 1. The Morgan fingerprint density at radius 2 is 2.16 bits per heavy atom. The molecule has 3 nitrogen and oxygen atoms in total. The maximum atomic E-state index is 11.3. The fourth-order valence-corrected chi connectivity index (χ4v) is 4.93. The lowest BCUT2D eigenvalue weighted by Crippen LogP contribution is -3.11. The molecule has 1 heterocycles. The van der Waals surface area contributed by atoms with E-state index in [4.69, 9.17) is 4.74 Å². The Morgan fingerprint density at radius 3 is 2.92 bits per heavy atom. The smallest absolute Gasteiger partial charge is 0.308 e. The third-order valence-electron chi connectivity index (χ3n) is 6.08. The van der Waals surface area contributed by atoms with Crippen molar-refractivity contribution in [2.24, 2.45) is 5.92 Å². The van der Waals surface area contributed by atoms with Gasteiger partial charge in [0.25, 0.3) is 0 Å². The molecule has 1 aromatic rings. The molecule has 1 aromatic carbocycles. The van der Waals surface area contributed by atoms with Gasteiger partial charge in [0, 0.05) is 25.2 Å². The Labute approximate surface area is 168 Å². The van der Waals surface area contributed by atoms with Crippen LogP contribution >= 0.6 is 0 Å². The summed E-state index contributed by atoms with van der Waals surface area (Å²) in [5, 5.41) is 0. The summed E-state index contributed by atoms with van der Waals surface area (Å²) in [5.41, 5.74) is 1.64. The van der Waals surface area contributed by atoms with Gasteiger partial charge in [0.1, 0.15) is 5.75 Å². The average molecular weight is 455 g/mol. The zero-order valence-corrected chi connectivity index (χ0v) is 17.4. The second kappa shape index (κ2) is 9.17. The van der Waals surface area contributed by atoms with E-state index in [0.29, 0.717) is 5.75 Å². The number of esters is 1. The highest BCUT2D eigenvalue weighted by molar-refractivity contribution is 5.69. The zero-order chi connectivity index (χ0) is 17.0. The van der Waals surface area contributed by atoms with Gasteiger partial charge in [0.2, 0.25) is 0 Å². The van der Waals surface area contributed by atoms with E-state index in [1.165, 1.54) is 64.1 Å². The molecule has 2 fully saturated rings. The van der Waals surface area contributed by atoms with Crippen molar-refractivity contribution in [3.8, 4) is 5.75 Å². The molecule has 3 unspecified atom stereocenters. The lowest BCUT2D eigenvalue weighted by Gasteiger charge is -2.43. The monoisotopic (exact) mass is 455 g/mol. The van der Waals surface area contributed by atoms with Crippen molar-refractivity contribution in [2.45, 2.75) is 50.9 Å². The minimum atomic E-state index is -0.243. The Balaban J connectivity index is 0.00000225. The van der Waals surface area contributed by atoms with Gasteiger partial charge in [-0.3, -0.25) is 4.79 Å². The van der Waals surface area contributed by atoms with Gasteiger partial charge in [-0.1, -0.05) is 31.6 Å². The van der Waals surface area contributed by atoms with E-state index in [1.54, 1.807) is 4.90 Å². The lowest BCUT2D eigenvalue weighted by molar-refractivity contribution is -0.893. The van der Waals surface area contributed by atoms with E-state index >= 15 is 0 Å². The first kappa shape index (κ1) is 20.4. The van der Waals surface area contributed by atoms with Crippen LogP contribution in [-0.4, -0.2) is 25.6 Å². The first-order valence-corrected chi connectivity index (χ1v) is 9.37. The molecule has 1 N–H and O–H groups in total. The number of ether oxygens (including phenoxy) is 1. The van der Waals surface area contributed by atoms with E-state index in [9.17, 15) is 4.79 Å². The predicted molar refractivity (Wildman–Crippen MR) is 96.4 cm³/mol. The van der Waals surface area contributed by atoms with Crippen molar-refractivity contribution in [1.82, 2.24) is 0 Å². The molecule has 0 bridgehead atoms. The van der Waals surface area contributed by atoms with Crippen LogP contribution in [0.3, 0.4) is 0 Å². The normalized spacial score (nSPS) is 28.8. The van der Waals surface area contributed by atoms with Crippen LogP contribution in [0.5, 0.6) is 5.75 Å². The third kappa shape index (κ3) is 4.64. The second-order valence-corrected chi connectivity index (χ2v) is 7.50. The van der Waals surface area contributed by atoms with Crippen LogP contribution in [0, 0.1) is 5.92 Å². The molecule has 1 saturated heterocycles. The molecule has 4 heteroatoms. The summed E-state index contributed by atoms with van der Waals surface area (Å²) >= 11 is 0. The molecule has 138 valence electrons. The van der Waals surface area contributed by atoms with E-state index in [-0.39, 0.29) is 35.4 Å². The molecule has 0 aromatic heterocycles. The van der Waals surface area contributed by atoms with Crippen LogP contribution in [0.25, 0.3) is 0 Å². The molecule has 3 atom stereocenters. The molecule has 1 aliphatic heterocycles. The number of benzene rings is 1. The largest absolute Gasteiger partial charge is 1.00 e. The van der Waals surface area contributed by atoms with Gasteiger partial charge in [0.05, 0.1) is 19.6 Å². The fourth-order valence-electron chi connectivity index (χ4n) is 4.93. The standard InChI is InChI=1S/C21H29NO2.HI/c1-3-13-22-14-10-18-7-4-5-11-21(18,12-15-22)19-8-6-9-20(16-19)24-17(2)23;/h3,6,8-9,16,18H,1,4-5,7,10-15H2,2H3;1H. The molecular formula is C21H30INO2. The number of quaternary nitrogens is 1. The number of hydrogen-bond donors (Lipinski definition) is 1. The van der Waals surface area contributed by atoms with Crippen LogP contribution in [0.4, 0.5) is 0 Å². The van der Waals surface area contributed by atoms with Gasteiger partial charge in [0.15, 0.2) is 0 Å². The molecule has 25 heavy (non-hydrogen) atoms. The minimum absolute atomic E-state index is 0. The molecule has 0 spiro atoms. The van der Waals surface area contributed by atoms with Crippen molar-refractivity contribution < 1.29 is 38.4 Å². The maximum absolute atomic E-state index is 11.3. The number of carbonyl (C=O) groups is 1. The van der Waals surface area contributed by atoms with Crippen molar-refractivity contribution in [3.63, 3.8) is 0 Å². The quantitative estimate of drug-likeness (QED) is 0.298. The fraction of sp³-hybridized carbons (Fsp3) is 0.571. The molecule has 0 radical (unpaired) electrons. The first-order chi connectivity index (χ1) is 11.6. The van der Waals surface area contributed by atoms with E-state index in [0.717, 1.165) is 12.5 Å². The van der Waals surface area contributed by atoms with Crippen LogP contribution in [-0.2, 0) is 10.2 Å². The van der Waals surface area contributed by atoms with Crippen molar-refractivity contribution in [1.29, 1.82) is 0 Å². The third-order valence-corrected chi connectivity index (χ3v) is 6.08. The number of rotatable bonds is 4. The van der Waals surface area contributed by atoms with E-state index in [2.05, 4.69) is 24.8 Å². The van der Waals surface area contributed by atoms with Gasteiger partial charge < -0.3 is 33.6 Å². The molecule has 2 aliphatic rings. The summed E-state index contributed by atoms with van der Waals surface area (Å²) in [6.45, 7) is 8.92. The van der Waals surface area contributed by atoms with Gasteiger partial charge in [-0.2, -0.15) is 0 Å². The lowest BCUT2D eigenvalue weighted by atomic mass is 9.60. The Hall–Kier alpha value is -0.880. The highest BCUT2D eigenvalue weighted by Gasteiger charge is 2.44. The van der Waals surface area contributed by atoms with Crippen LogP contribution in [0.2, 0.25) is 0 Å².